The fourth-order valence-corrected chi connectivity index (χ4v) is 5.93. The van der Waals surface area contributed by atoms with Crippen LogP contribution in [0.5, 0.6) is 0 Å². The molecule has 0 aliphatic carbocycles. The third-order valence-corrected chi connectivity index (χ3v) is 7.70. The molecule has 0 fully saturated rings. The summed E-state index contributed by atoms with van der Waals surface area (Å²) in [5, 5.41) is 4.32. The highest BCUT2D eigenvalue weighted by Gasteiger charge is 2.36. The van der Waals surface area contributed by atoms with E-state index in [1.54, 1.807) is 27.7 Å². The second-order valence-corrected chi connectivity index (χ2v) is 11.3. The first-order valence-electron chi connectivity index (χ1n) is 9.38. The van der Waals surface area contributed by atoms with Crippen LogP contribution in [0.15, 0.2) is 51.4 Å². The summed E-state index contributed by atoms with van der Waals surface area (Å²) in [6, 6.07) is 13.3. The minimum atomic E-state index is -3.78. The quantitative estimate of drug-likeness (QED) is 0.291. The van der Waals surface area contributed by atoms with E-state index in [4.69, 9.17) is 20.6 Å². The van der Waals surface area contributed by atoms with E-state index in [0.29, 0.717) is 11.2 Å². The molecule has 0 amide bonds. The van der Waals surface area contributed by atoms with Gasteiger partial charge in [-0.3, -0.25) is 4.57 Å². The Balaban J connectivity index is 2.25. The third kappa shape index (κ3) is 5.45. The fraction of sp³-hybridized carbons (Fsp3) is 0.286. The molecule has 0 aliphatic heterocycles. The van der Waals surface area contributed by atoms with E-state index >= 15 is 0 Å². The molecule has 3 rings (SSSR count). The largest absolute Gasteiger partial charge is 0.381 e. The maximum Gasteiger partial charge on any atom is 0.381 e. The van der Waals surface area contributed by atoms with Gasteiger partial charge in [-0.05, 0) is 70.2 Å². The highest BCUT2D eigenvalue weighted by Crippen LogP contribution is 2.52. The maximum absolute atomic E-state index is 13.8. The van der Waals surface area contributed by atoms with Crippen molar-refractivity contribution in [3.63, 3.8) is 0 Å². The molecular weight excluding hydrogens is 554 g/mol. The molecule has 0 saturated carbocycles. The van der Waals surface area contributed by atoms with Gasteiger partial charge < -0.3 is 14.4 Å². The van der Waals surface area contributed by atoms with Gasteiger partial charge in [-0.15, -0.1) is 0 Å². The highest BCUT2D eigenvalue weighted by atomic mass is 79.9. The van der Waals surface area contributed by atoms with Crippen molar-refractivity contribution in [3.05, 3.63) is 56.4 Å². The number of hydrogen-bond donors (Lipinski definition) is 1. The summed E-state index contributed by atoms with van der Waals surface area (Å²) in [5.41, 5.74) is 2.13. The molecule has 0 atom stereocenters. The van der Waals surface area contributed by atoms with Crippen LogP contribution in [0.3, 0.4) is 0 Å². The lowest BCUT2D eigenvalue weighted by Crippen LogP contribution is -2.21. The summed E-state index contributed by atoms with van der Waals surface area (Å²) in [4.78, 5) is 4.60. The van der Waals surface area contributed by atoms with Gasteiger partial charge in [0.05, 0.1) is 28.4 Å². The first-order valence-corrected chi connectivity index (χ1v) is 12.9. The molecule has 1 aromatic heterocycles. The second-order valence-electron chi connectivity index (χ2n) is 7.22. The van der Waals surface area contributed by atoms with E-state index in [1.165, 1.54) is 0 Å². The zero-order valence-corrected chi connectivity index (χ0v) is 21.8. The van der Waals surface area contributed by atoms with Crippen LogP contribution in [-0.2, 0) is 13.6 Å². The highest BCUT2D eigenvalue weighted by molar-refractivity contribution is 9.10. The van der Waals surface area contributed by atoms with Gasteiger partial charge in [-0.25, -0.2) is 4.98 Å². The summed E-state index contributed by atoms with van der Waals surface area (Å²) in [6.45, 7) is 7.18. The van der Waals surface area contributed by atoms with Gasteiger partial charge in [0.25, 0.3) is 0 Å². The Morgan fingerprint density at radius 3 is 2.10 bits per heavy atom. The normalized spacial score (nSPS) is 12.2. The first-order chi connectivity index (χ1) is 14.1. The zero-order valence-electron chi connectivity index (χ0n) is 16.9. The number of nitrogens with one attached hydrogen (secondary N) is 1. The van der Waals surface area contributed by atoms with Crippen LogP contribution >= 0.6 is 51.1 Å². The number of fused-ring (bicyclic) bond motifs is 1. The van der Waals surface area contributed by atoms with Crippen LogP contribution in [0.1, 0.15) is 27.7 Å². The molecule has 5 nitrogen and oxygen atoms in total. The van der Waals surface area contributed by atoms with E-state index in [2.05, 4.69) is 42.2 Å². The van der Waals surface area contributed by atoms with Crippen LogP contribution in [-0.4, -0.2) is 17.2 Å². The van der Waals surface area contributed by atoms with Gasteiger partial charge in [-0.1, -0.05) is 43.5 Å². The number of pyridine rings is 1. The molecule has 0 bridgehead atoms. The van der Waals surface area contributed by atoms with Crippen molar-refractivity contribution in [2.75, 3.05) is 5.32 Å². The van der Waals surface area contributed by atoms with Gasteiger partial charge in [0.1, 0.15) is 0 Å². The third-order valence-electron chi connectivity index (χ3n) is 3.94. The van der Waals surface area contributed by atoms with Crippen LogP contribution in [0, 0.1) is 0 Å². The SMILES string of the molecule is CC(C)OP(=O)(OC(C)C)c1nc2ccc(Br)cc2c(Nc2ccc(Br)cc2)c1Cl. The topological polar surface area (TPSA) is 60.5 Å². The van der Waals surface area contributed by atoms with Crippen molar-refractivity contribution in [2.45, 2.75) is 39.9 Å². The summed E-state index contributed by atoms with van der Waals surface area (Å²) in [7, 11) is -3.78. The van der Waals surface area contributed by atoms with Crippen molar-refractivity contribution in [1.29, 1.82) is 0 Å². The second kappa shape index (κ2) is 9.68. The predicted molar refractivity (Wildman–Crippen MR) is 132 cm³/mol. The van der Waals surface area contributed by atoms with Crippen LogP contribution in [0.2, 0.25) is 5.02 Å². The molecule has 1 heterocycles. The number of aromatic nitrogens is 1. The number of benzene rings is 2. The lowest BCUT2D eigenvalue weighted by atomic mass is 10.2. The molecule has 0 radical (unpaired) electrons. The Hall–Kier alpha value is -0.950. The smallest absolute Gasteiger partial charge is 0.354 e. The van der Waals surface area contributed by atoms with E-state index in [-0.39, 0.29) is 22.7 Å². The minimum Gasteiger partial charge on any atom is -0.354 e. The Morgan fingerprint density at radius 2 is 1.53 bits per heavy atom. The molecule has 2 aromatic carbocycles. The Kier molecular flexibility index (Phi) is 7.65. The van der Waals surface area contributed by atoms with E-state index in [0.717, 1.165) is 20.0 Å². The average molecular weight is 577 g/mol. The number of rotatable bonds is 7. The molecule has 1 N–H and O–H groups in total. The van der Waals surface area contributed by atoms with Gasteiger partial charge in [0.15, 0.2) is 5.44 Å². The molecule has 0 saturated heterocycles. The zero-order chi connectivity index (χ0) is 22.1. The maximum atomic E-state index is 13.8. The van der Waals surface area contributed by atoms with E-state index in [1.807, 2.05) is 42.5 Å². The van der Waals surface area contributed by atoms with Crippen molar-refractivity contribution in [3.8, 4) is 0 Å². The van der Waals surface area contributed by atoms with Crippen LogP contribution < -0.4 is 10.8 Å². The molecule has 160 valence electrons. The molecule has 0 unspecified atom stereocenters. The van der Waals surface area contributed by atoms with Crippen molar-refractivity contribution < 1.29 is 13.6 Å². The summed E-state index contributed by atoms with van der Waals surface area (Å²) in [5.74, 6) is 0. The number of hydrogen-bond acceptors (Lipinski definition) is 5. The lowest BCUT2D eigenvalue weighted by Gasteiger charge is -2.24. The molecular formula is C21H22Br2ClN2O3P. The van der Waals surface area contributed by atoms with Gasteiger partial charge in [-0.2, -0.15) is 0 Å². The van der Waals surface area contributed by atoms with Gasteiger partial charge in [0, 0.05) is 20.0 Å². The van der Waals surface area contributed by atoms with Gasteiger partial charge >= 0.3 is 7.60 Å². The monoisotopic (exact) mass is 574 g/mol. The molecule has 30 heavy (non-hydrogen) atoms. The van der Waals surface area contributed by atoms with Crippen molar-refractivity contribution in [1.82, 2.24) is 4.98 Å². The molecule has 3 aromatic rings. The molecule has 0 spiro atoms. The standard InChI is InChI=1S/C21H22Br2ClN2O3P/c1-12(2)28-30(27,29-13(3)4)21-19(24)20(25-16-8-5-14(22)6-9-16)17-11-15(23)7-10-18(17)26-21/h5-13H,1-4H3,(H,25,26). The molecule has 9 heteroatoms. The van der Waals surface area contributed by atoms with E-state index in [9.17, 15) is 4.57 Å². The Labute approximate surface area is 198 Å². The van der Waals surface area contributed by atoms with Crippen LogP contribution in [0.4, 0.5) is 11.4 Å². The van der Waals surface area contributed by atoms with Crippen molar-refractivity contribution >= 4 is 78.8 Å². The van der Waals surface area contributed by atoms with Crippen LogP contribution in [0.25, 0.3) is 10.9 Å². The fourth-order valence-electron chi connectivity index (χ4n) is 2.86. The van der Waals surface area contributed by atoms with Crippen molar-refractivity contribution in [2.24, 2.45) is 0 Å². The van der Waals surface area contributed by atoms with Gasteiger partial charge in [0.2, 0.25) is 0 Å². The number of nitrogens with zero attached hydrogens (tertiary/aromatic N) is 1. The van der Waals surface area contributed by atoms with E-state index < -0.39 is 7.60 Å². The molecule has 0 aliphatic rings. The summed E-state index contributed by atoms with van der Waals surface area (Å²) in [6.07, 6.45) is -0.674. The average Bonchev–Trinajstić information content (AvgIpc) is 2.64. The number of anilines is 2. The summed E-state index contributed by atoms with van der Waals surface area (Å²) < 4.78 is 27.1. The number of halogens is 3. The first kappa shape index (κ1) is 23.7. The lowest BCUT2D eigenvalue weighted by molar-refractivity contribution is 0.149. The summed E-state index contributed by atoms with van der Waals surface area (Å²) >= 11 is 13.7. The minimum absolute atomic E-state index is 0.0981. The Bertz CT molecular complexity index is 1090. The predicted octanol–water partition coefficient (Wildman–Crippen LogP) is 7.83. The Morgan fingerprint density at radius 1 is 0.967 bits per heavy atom.